The van der Waals surface area contributed by atoms with Crippen LogP contribution in [0.15, 0.2) is 57.7 Å². The molecule has 1 fully saturated rings. The summed E-state index contributed by atoms with van der Waals surface area (Å²) in [6.45, 7) is 1.75. The van der Waals surface area contributed by atoms with Gasteiger partial charge < -0.3 is 14.6 Å². The summed E-state index contributed by atoms with van der Waals surface area (Å²) in [5, 5.41) is 3.10. The molecule has 4 rings (SSSR count). The first-order chi connectivity index (χ1) is 12.6. The zero-order valence-corrected chi connectivity index (χ0v) is 14.6. The SMILES string of the molecule is Cn1c(=O)oc2c(C(=O)NC3CCCN(c4ccccc4)C3)cccc21. The van der Waals surface area contributed by atoms with Gasteiger partial charge >= 0.3 is 5.76 Å². The highest BCUT2D eigenvalue weighted by Gasteiger charge is 2.24. The number of fused-ring (bicyclic) bond motifs is 1. The van der Waals surface area contributed by atoms with Gasteiger partial charge in [-0.2, -0.15) is 0 Å². The maximum atomic E-state index is 12.8. The largest absolute Gasteiger partial charge is 0.419 e. The number of nitrogens with zero attached hydrogens (tertiary/aromatic N) is 2. The Bertz CT molecular complexity index is 990. The number of hydrogen-bond donors (Lipinski definition) is 1. The molecular weight excluding hydrogens is 330 g/mol. The Labute approximate surface area is 151 Å². The molecule has 2 aromatic carbocycles. The zero-order valence-electron chi connectivity index (χ0n) is 14.6. The first kappa shape index (κ1) is 16.4. The minimum Gasteiger partial charge on any atom is -0.407 e. The van der Waals surface area contributed by atoms with Crippen molar-refractivity contribution in [2.24, 2.45) is 7.05 Å². The molecular formula is C20H21N3O3. The second-order valence-electron chi connectivity index (χ2n) is 6.67. The zero-order chi connectivity index (χ0) is 18.1. The minimum absolute atomic E-state index is 0.0575. The monoisotopic (exact) mass is 351 g/mol. The van der Waals surface area contributed by atoms with E-state index in [1.165, 1.54) is 10.3 Å². The second kappa shape index (κ2) is 6.71. The molecule has 1 aliphatic rings. The summed E-state index contributed by atoms with van der Waals surface area (Å²) >= 11 is 0. The number of carbonyl (C=O) groups excluding carboxylic acids is 1. The van der Waals surface area contributed by atoms with Crippen molar-refractivity contribution in [3.8, 4) is 0 Å². The van der Waals surface area contributed by atoms with E-state index in [4.69, 9.17) is 4.42 Å². The van der Waals surface area contributed by atoms with E-state index in [2.05, 4.69) is 22.3 Å². The Morgan fingerprint density at radius 1 is 1.15 bits per heavy atom. The van der Waals surface area contributed by atoms with Crippen LogP contribution in [0, 0.1) is 0 Å². The first-order valence-electron chi connectivity index (χ1n) is 8.83. The molecule has 1 N–H and O–H groups in total. The number of rotatable bonds is 3. The summed E-state index contributed by atoms with van der Waals surface area (Å²) in [4.78, 5) is 26.8. The van der Waals surface area contributed by atoms with E-state index in [0.717, 1.165) is 25.9 Å². The fourth-order valence-corrected chi connectivity index (χ4v) is 3.56. The molecule has 3 aromatic rings. The lowest BCUT2D eigenvalue weighted by Gasteiger charge is -2.34. The molecule has 134 valence electrons. The highest BCUT2D eigenvalue weighted by atomic mass is 16.4. The van der Waals surface area contributed by atoms with E-state index in [-0.39, 0.29) is 11.9 Å². The molecule has 0 bridgehead atoms. The van der Waals surface area contributed by atoms with E-state index in [0.29, 0.717) is 16.7 Å². The number of carbonyl (C=O) groups is 1. The molecule has 1 amide bonds. The third-order valence-corrected chi connectivity index (χ3v) is 4.94. The van der Waals surface area contributed by atoms with Gasteiger partial charge in [0.25, 0.3) is 5.91 Å². The number of oxazole rings is 1. The molecule has 1 aliphatic heterocycles. The molecule has 0 radical (unpaired) electrons. The fraction of sp³-hybridized carbons (Fsp3) is 0.300. The molecule has 0 spiro atoms. The number of aromatic nitrogens is 1. The van der Waals surface area contributed by atoms with Gasteiger partial charge in [-0.25, -0.2) is 4.79 Å². The molecule has 6 heteroatoms. The molecule has 1 unspecified atom stereocenters. The van der Waals surface area contributed by atoms with Crippen LogP contribution in [0.3, 0.4) is 0 Å². The summed E-state index contributed by atoms with van der Waals surface area (Å²) in [6, 6.07) is 15.5. The molecule has 0 aliphatic carbocycles. The van der Waals surface area contributed by atoms with Crippen molar-refractivity contribution < 1.29 is 9.21 Å². The van der Waals surface area contributed by atoms with Gasteiger partial charge in [0.15, 0.2) is 5.58 Å². The van der Waals surface area contributed by atoms with Crippen LogP contribution >= 0.6 is 0 Å². The lowest BCUT2D eigenvalue weighted by Crippen LogP contribution is -2.47. The average molecular weight is 351 g/mol. The number of hydrogen-bond acceptors (Lipinski definition) is 4. The quantitative estimate of drug-likeness (QED) is 0.787. The van der Waals surface area contributed by atoms with Gasteiger partial charge in [0.1, 0.15) is 0 Å². The topological polar surface area (TPSA) is 67.5 Å². The molecule has 26 heavy (non-hydrogen) atoms. The smallest absolute Gasteiger partial charge is 0.407 e. The summed E-state index contributed by atoms with van der Waals surface area (Å²) in [6.07, 6.45) is 1.95. The Balaban J connectivity index is 1.53. The maximum absolute atomic E-state index is 12.8. The summed E-state index contributed by atoms with van der Waals surface area (Å²) < 4.78 is 6.67. The molecule has 6 nitrogen and oxygen atoms in total. The number of nitrogens with one attached hydrogen (secondary N) is 1. The highest BCUT2D eigenvalue weighted by molar-refractivity contribution is 6.04. The van der Waals surface area contributed by atoms with Crippen LogP contribution in [0.5, 0.6) is 0 Å². The highest BCUT2D eigenvalue weighted by Crippen LogP contribution is 2.21. The molecule has 0 saturated carbocycles. The van der Waals surface area contributed by atoms with Crippen molar-refractivity contribution in [2.45, 2.75) is 18.9 Å². The lowest BCUT2D eigenvalue weighted by molar-refractivity contribution is 0.0934. The molecule has 2 heterocycles. The van der Waals surface area contributed by atoms with E-state index >= 15 is 0 Å². The van der Waals surface area contributed by atoms with Gasteiger partial charge in [-0.05, 0) is 37.1 Å². The van der Waals surface area contributed by atoms with Crippen molar-refractivity contribution in [1.82, 2.24) is 9.88 Å². The number of aryl methyl sites for hydroxylation is 1. The van der Waals surface area contributed by atoms with E-state index in [9.17, 15) is 9.59 Å². The van der Waals surface area contributed by atoms with Crippen LogP contribution in [-0.2, 0) is 7.05 Å². The van der Waals surface area contributed by atoms with Gasteiger partial charge in [-0.15, -0.1) is 0 Å². The average Bonchev–Trinajstić information content (AvgIpc) is 2.97. The number of benzene rings is 2. The third kappa shape index (κ3) is 2.98. The maximum Gasteiger partial charge on any atom is 0.419 e. The summed E-state index contributed by atoms with van der Waals surface area (Å²) in [5.41, 5.74) is 2.53. The fourth-order valence-electron chi connectivity index (χ4n) is 3.56. The third-order valence-electron chi connectivity index (χ3n) is 4.94. The van der Waals surface area contributed by atoms with Crippen molar-refractivity contribution >= 4 is 22.7 Å². The number of anilines is 1. The predicted molar refractivity (Wildman–Crippen MR) is 101 cm³/mol. The van der Waals surface area contributed by atoms with Gasteiger partial charge in [-0.1, -0.05) is 24.3 Å². The van der Waals surface area contributed by atoms with E-state index in [1.807, 2.05) is 18.2 Å². The van der Waals surface area contributed by atoms with Crippen LogP contribution < -0.4 is 16.0 Å². The van der Waals surface area contributed by atoms with Crippen LogP contribution in [0.1, 0.15) is 23.2 Å². The summed E-state index contributed by atoms with van der Waals surface area (Å²) in [5.74, 6) is -0.668. The van der Waals surface area contributed by atoms with Crippen molar-refractivity contribution in [3.63, 3.8) is 0 Å². The number of amides is 1. The van der Waals surface area contributed by atoms with E-state index < -0.39 is 5.76 Å². The Hall–Kier alpha value is -3.02. The molecule has 1 aromatic heterocycles. The first-order valence-corrected chi connectivity index (χ1v) is 8.83. The minimum atomic E-state index is -0.465. The van der Waals surface area contributed by atoms with Crippen LogP contribution in [0.25, 0.3) is 11.1 Å². The summed E-state index contributed by atoms with van der Waals surface area (Å²) in [7, 11) is 1.63. The molecule has 1 saturated heterocycles. The van der Waals surface area contributed by atoms with Crippen molar-refractivity contribution in [3.05, 3.63) is 64.6 Å². The Morgan fingerprint density at radius 2 is 1.96 bits per heavy atom. The van der Waals surface area contributed by atoms with Crippen LogP contribution in [0.4, 0.5) is 5.69 Å². The van der Waals surface area contributed by atoms with Gasteiger partial charge in [-0.3, -0.25) is 9.36 Å². The van der Waals surface area contributed by atoms with Crippen LogP contribution in [0.2, 0.25) is 0 Å². The van der Waals surface area contributed by atoms with E-state index in [1.54, 1.807) is 25.2 Å². The Kier molecular flexibility index (Phi) is 4.24. The van der Waals surface area contributed by atoms with Gasteiger partial charge in [0, 0.05) is 31.9 Å². The standard InChI is InChI=1S/C20H21N3O3/c1-22-17-11-5-10-16(18(17)26-20(22)25)19(24)21-14-7-6-12-23(13-14)15-8-3-2-4-9-15/h2-5,8-11,14H,6-7,12-13H2,1H3,(H,21,24). The van der Waals surface area contributed by atoms with Gasteiger partial charge in [0.05, 0.1) is 11.1 Å². The van der Waals surface area contributed by atoms with Crippen molar-refractivity contribution in [1.29, 1.82) is 0 Å². The Morgan fingerprint density at radius 3 is 2.77 bits per heavy atom. The number of para-hydroxylation sites is 2. The van der Waals surface area contributed by atoms with Crippen molar-refractivity contribution in [2.75, 3.05) is 18.0 Å². The molecule has 1 atom stereocenters. The second-order valence-corrected chi connectivity index (χ2v) is 6.67. The normalized spacial score (nSPS) is 17.4. The van der Waals surface area contributed by atoms with Crippen LogP contribution in [-0.4, -0.2) is 29.6 Å². The predicted octanol–water partition coefficient (Wildman–Crippen LogP) is 2.53. The number of piperidine rings is 1. The lowest BCUT2D eigenvalue weighted by atomic mass is 10.0. The van der Waals surface area contributed by atoms with Gasteiger partial charge in [0.2, 0.25) is 0 Å².